The lowest BCUT2D eigenvalue weighted by atomic mass is 10.1. The Morgan fingerprint density at radius 2 is 0.593 bits per heavy atom. The van der Waals surface area contributed by atoms with Crippen LogP contribution in [0.15, 0.2) is 52.3 Å². The van der Waals surface area contributed by atoms with Crippen molar-refractivity contribution in [3.63, 3.8) is 0 Å². The van der Waals surface area contributed by atoms with Crippen LogP contribution in [0, 0.1) is 0 Å². The highest BCUT2D eigenvalue weighted by Crippen LogP contribution is 2.61. The molecule has 0 amide bonds. The molecule has 20 N–H and O–H groups in total. The number of rotatable bonds is 6. The number of H-pyrrole nitrogens is 3. The second-order valence-electron chi connectivity index (χ2n) is 29.8. The highest BCUT2D eigenvalue weighted by molar-refractivity contribution is 8.44. The third-order valence-electron chi connectivity index (χ3n) is 21.3. The molecular weight excluding hydrogens is 2070 g/mol. The Morgan fingerprint density at radius 3 is 0.881 bits per heavy atom. The van der Waals surface area contributed by atoms with E-state index >= 15 is 26.3 Å². The minimum atomic E-state index is -4.50. The van der Waals surface area contributed by atoms with Gasteiger partial charge in [-0.25, -0.2) is 75.8 Å². The quantitative estimate of drug-likeness (QED) is 0.0514. The van der Waals surface area contributed by atoms with Crippen molar-refractivity contribution in [2.45, 2.75) is 148 Å². The van der Waals surface area contributed by atoms with Crippen molar-refractivity contribution >= 4 is 214 Å². The first-order valence-electron chi connectivity index (χ1n) is 38.3. The average molecular weight is 2130 g/mol. The van der Waals surface area contributed by atoms with Crippen LogP contribution in [0.5, 0.6) is 0 Å². The van der Waals surface area contributed by atoms with Gasteiger partial charge in [0, 0.05) is 0 Å². The van der Waals surface area contributed by atoms with Crippen LogP contribution in [-0.2, 0) is 146 Å². The molecule has 0 spiro atoms. The number of halogens is 6. The summed E-state index contributed by atoms with van der Waals surface area (Å²) in [6.45, 7) is -30.5. The van der Waals surface area contributed by atoms with Gasteiger partial charge in [-0.2, -0.15) is 29.0 Å². The molecule has 135 heavy (non-hydrogen) atoms. The molecule has 726 valence electrons. The maximum Gasteiger partial charge on any atom is 0.386 e. The molecule has 0 aliphatic carbocycles. The Morgan fingerprint density at radius 1 is 0.341 bits per heavy atom. The monoisotopic (exact) mass is 2130 g/mol. The van der Waals surface area contributed by atoms with Crippen LogP contribution in [0.1, 0.15) is 37.4 Å². The smallest absolute Gasteiger partial charge is 0.382 e. The fourth-order valence-corrected chi connectivity index (χ4v) is 23.9. The number of nitrogen functional groups attached to an aromatic ring is 6. The molecule has 12 aromatic heterocycles. The minimum Gasteiger partial charge on any atom is -0.382 e. The number of nitrogens with zero attached hydrogens (tertiary/aromatic N) is 24. The van der Waals surface area contributed by atoms with E-state index in [1.807, 2.05) is 0 Å². The topological polar surface area (TPSA) is 801 Å². The van der Waals surface area contributed by atoms with Crippen LogP contribution < -0.4 is 51.1 Å². The fraction of sp³-hybridized carbons (Fsp3) is 0.526. The van der Waals surface area contributed by atoms with Crippen molar-refractivity contribution in [1.82, 2.24) is 133 Å². The Bertz CT molecular complexity index is 6510. The van der Waals surface area contributed by atoms with Crippen molar-refractivity contribution < 1.29 is 138 Å². The van der Waals surface area contributed by atoms with E-state index in [0.717, 1.165) is 65.7 Å². The molecule has 78 heteroatoms. The molecule has 12 aromatic rings. The largest absolute Gasteiger partial charge is 0.386 e. The number of nitrogens with one attached hydrogen (secondary N) is 3. The minimum absolute atomic E-state index is 0.0183. The zero-order chi connectivity index (χ0) is 95.5. The number of ether oxygens (including phenoxy) is 6. The molecule has 9 aliphatic rings. The van der Waals surface area contributed by atoms with E-state index in [9.17, 15) is 43.4 Å². The zero-order valence-electron chi connectivity index (χ0n) is 66.4. The second-order valence-corrected chi connectivity index (χ2v) is 46.6. The van der Waals surface area contributed by atoms with Gasteiger partial charge >= 0.3 is 40.4 Å². The van der Waals surface area contributed by atoms with E-state index in [1.165, 1.54) is 0 Å². The summed E-state index contributed by atoms with van der Waals surface area (Å²) >= 11 is 29.6. The van der Waals surface area contributed by atoms with Gasteiger partial charge in [0.05, 0.1) is 58.6 Å². The van der Waals surface area contributed by atoms with Crippen molar-refractivity contribution in [3.05, 3.63) is 69.0 Å². The van der Waals surface area contributed by atoms with Crippen LogP contribution >= 0.6 is 52.6 Å². The maximum absolute atomic E-state index is 16.0. The van der Waals surface area contributed by atoms with Gasteiger partial charge in [0.2, 0.25) is 17.8 Å². The number of nitrogens with two attached hydrogens (primary N) is 6. The molecule has 0 aromatic carbocycles. The lowest BCUT2D eigenvalue weighted by molar-refractivity contribution is -0.0617. The number of imidazole rings is 3. The average Bonchev–Trinajstić information content (AvgIpc) is 1.63. The SMILES string of the molecule is Nc1nc2c(ncn2[C@@H]2O[C@@H]3COP(O)(=S)O[C@H]4[C@H](F)[C@H](n5nnc6c(N)ncnc65)O[C@@H]4COP(=O)(S)O[C@@H]2[C@@H]3F)c(=O)[nH]1.Nc1nc2c(ncn2[C@@H]2O[C@@H]3COP(O)(=S)O[C@H]4[C@H](F)[C@H](n5nnc6c(N)ncnc65)O[C@@H]4COP(O)(=S)O[C@@H]2[C@@H]3F)c(=O)[nH]1.Nc1nc2c(ncn2[C@@H]2O[C@@H]3COP(O)(=S)O[C@H]4[C@H](F)[C@H](n5nnc6c(N)ncnc65)O[C@@H]4COP(O)(=S)O[C@@H]2[C@@H]3F)c(=O)[nH]1. The Labute approximate surface area is 771 Å². The van der Waals surface area contributed by atoms with Crippen LogP contribution in [-0.4, -0.2) is 308 Å². The molecule has 0 saturated carbocycles. The summed E-state index contributed by atoms with van der Waals surface area (Å²) in [7, 11) is 0. The van der Waals surface area contributed by atoms with E-state index in [2.05, 4.69) is 118 Å². The molecule has 21 heterocycles. The van der Waals surface area contributed by atoms with Crippen molar-refractivity contribution in [3.8, 4) is 0 Å². The Hall–Kier alpha value is -8.22. The molecular formula is C57H63F6N33O27P6S6. The van der Waals surface area contributed by atoms with Crippen molar-refractivity contribution in [2.75, 3.05) is 74.0 Å². The molecule has 9 fully saturated rings. The Balaban J connectivity index is 0.000000130. The van der Waals surface area contributed by atoms with Gasteiger partial charge in [0.15, 0.2) is 159 Å². The number of fused-ring (bicyclic) bond motifs is 15. The normalized spacial score (nSPS) is 37.7. The third kappa shape index (κ3) is 18.6. The van der Waals surface area contributed by atoms with E-state index in [1.54, 1.807) is 0 Å². The first kappa shape index (κ1) is 95.7. The van der Waals surface area contributed by atoms with E-state index in [4.69, 9.17) is 176 Å². The number of anilines is 6. The van der Waals surface area contributed by atoms with Crippen LogP contribution in [0.4, 0.5) is 61.6 Å². The van der Waals surface area contributed by atoms with Crippen molar-refractivity contribution in [2.24, 2.45) is 0 Å². The number of thiol groups is 1. The third-order valence-corrected chi connectivity index (χ3v) is 30.7. The molecule has 6 bridgehead atoms. The van der Waals surface area contributed by atoms with Crippen LogP contribution in [0.2, 0.25) is 0 Å². The van der Waals surface area contributed by atoms with Crippen molar-refractivity contribution in [1.29, 1.82) is 0 Å². The van der Waals surface area contributed by atoms with Gasteiger partial charge in [-0.05, 0) is 59.0 Å². The molecule has 21 rings (SSSR count). The standard InChI is InChI=1S/3C19H21F2N11O9P2S2/c3*20-7-5-1-36-42(34,44)40-11-6(39-17(8(11)21)32-14-9(29-30-32)13(22)24-3-25-14)2-37-43(35,45)41-12(7)18(38-5)31-4-26-10-15(31)27-19(23)28-16(10)33/h3*3-8,11-12,17-18H,1-2H2,(H,34,44)(H,35,45)(H2,22,24,25)(H3,23,27,28,33)/t3*5-,6-,7-,8+,11-,12-,17-,18-,42?,43?/m111/s1. The van der Waals surface area contributed by atoms with Crippen LogP contribution in [0.25, 0.3) is 67.0 Å². The number of hydrogen-bond acceptors (Lipinski definition) is 51. The summed E-state index contributed by atoms with van der Waals surface area (Å²) < 4.78 is 216. The summed E-state index contributed by atoms with van der Waals surface area (Å²) in [4.78, 5) is 146. The predicted molar refractivity (Wildman–Crippen MR) is 457 cm³/mol. The predicted octanol–water partition coefficient (Wildman–Crippen LogP) is -1.46. The summed E-state index contributed by atoms with van der Waals surface area (Å²) in [5.74, 6) is -0.851. The molecule has 6 unspecified atom stereocenters. The van der Waals surface area contributed by atoms with Gasteiger partial charge in [-0.1, -0.05) is 27.9 Å². The van der Waals surface area contributed by atoms with Gasteiger partial charge in [0.25, 0.3) is 16.7 Å². The zero-order valence-corrected chi connectivity index (χ0v) is 76.8. The highest BCUT2D eigenvalue weighted by atomic mass is 32.7. The lowest BCUT2D eigenvalue weighted by Gasteiger charge is -2.27. The Kier molecular flexibility index (Phi) is 25.8. The number of alkyl halides is 6. The van der Waals surface area contributed by atoms with E-state index < -0.39 is 244 Å². The van der Waals surface area contributed by atoms with Gasteiger partial charge in [-0.15, -0.1) is 15.3 Å². The number of aromatic nitrogens is 27. The molecule has 60 nitrogen and oxygen atoms in total. The van der Waals surface area contributed by atoms with Gasteiger partial charge in [0.1, 0.15) is 92.2 Å². The molecule has 0 radical (unpaired) electrons. The molecule has 30 atom stereocenters. The summed E-state index contributed by atoms with van der Waals surface area (Å²) in [6, 6.07) is 0. The van der Waals surface area contributed by atoms with E-state index in [-0.39, 0.29) is 102 Å². The fourth-order valence-electron chi connectivity index (χ4n) is 15.3. The summed E-state index contributed by atoms with van der Waals surface area (Å²) in [5.41, 5.74) is 31.9. The molecule has 9 saturated heterocycles. The van der Waals surface area contributed by atoms with Gasteiger partial charge in [-0.3, -0.25) is 74.7 Å². The molecule has 9 aliphatic heterocycles. The van der Waals surface area contributed by atoms with Crippen LogP contribution in [0.3, 0.4) is 0 Å². The van der Waals surface area contributed by atoms with Gasteiger partial charge < -0.3 is 110 Å². The maximum atomic E-state index is 16.0. The summed E-state index contributed by atoms with van der Waals surface area (Å²) in [6.07, 6.45) is -33.8. The lowest BCUT2D eigenvalue weighted by Crippen LogP contribution is -2.34. The summed E-state index contributed by atoms with van der Waals surface area (Å²) in [5, 5.41) is 23.1. The second kappa shape index (κ2) is 36.5. The first-order chi connectivity index (χ1) is 63.9. The number of hydrogen-bond donors (Lipinski definition) is 15. The van der Waals surface area contributed by atoms with E-state index in [0.29, 0.717) is 0 Å². The highest BCUT2D eigenvalue weighted by Gasteiger charge is 2.60. The first-order valence-corrected chi connectivity index (χ1v) is 53.9. The number of aromatic amines is 3.